The van der Waals surface area contributed by atoms with Crippen LogP contribution in [-0.2, 0) is 13.5 Å². The molecule has 2 aliphatic rings. The van der Waals surface area contributed by atoms with Gasteiger partial charge in [-0.3, -0.25) is 4.90 Å². The zero-order valence-electron chi connectivity index (χ0n) is 12.0. The highest BCUT2D eigenvalue weighted by atomic mass is 15.2. The lowest BCUT2D eigenvalue weighted by atomic mass is 9.94. The second kappa shape index (κ2) is 6.06. The molecule has 0 aliphatic carbocycles. The summed E-state index contributed by atoms with van der Waals surface area (Å²) in [6.45, 7) is 3.65. The number of piperidine rings is 1. The molecule has 1 aromatic heterocycles. The molecule has 2 saturated heterocycles. The molecule has 3 heterocycles. The van der Waals surface area contributed by atoms with E-state index >= 15 is 0 Å². The summed E-state index contributed by atoms with van der Waals surface area (Å²) in [6.07, 6.45) is 11.9. The zero-order valence-corrected chi connectivity index (χ0v) is 12.0. The maximum atomic E-state index is 4.44. The van der Waals surface area contributed by atoms with Crippen molar-refractivity contribution in [3.63, 3.8) is 0 Å². The molecule has 0 bridgehead atoms. The van der Waals surface area contributed by atoms with E-state index in [9.17, 15) is 0 Å². The Kier molecular flexibility index (Phi) is 4.18. The Labute approximate surface area is 116 Å². The van der Waals surface area contributed by atoms with Crippen LogP contribution in [0.25, 0.3) is 0 Å². The zero-order chi connectivity index (χ0) is 13.1. The van der Waals surface area contributed by atoms with E-state index in [4.69, 9.17) is 0 Å². The van der Waals surface area contributed by atoms with Crippen molar-refractivity contribution in [2.45, 2.75) is 50.6 Å². The Morgan fingerprint density at radius 3 is 3.00 bits per heavy atom. The molecule has 4 heteroatoms. The van der Waals surface area contributed by atoms with Crippen LogP contribution < -0.4 is 5.32 Å². The highest BCUT2D eigenvalue weighted by Gasteiger charge is 2.31. The molecule has 0 spiro atoms. The maximum Gasteiger partial charge on any atom is 0.109 e. The van der Waals surface area contributed by atoms with Crippen molar-refractivity contribution in [3.8, 4) is 0 Å². The summed E-state index contributed by atoms with van der Waals surface area (Å²) < 4.78 is 2.15. The van der Waals surface area contributed by atoms with Gasteiger partial charge in [0.05, 0.1) is 0 Å². The fraction of sp³-hybridized carbons (Fsp3) is 0.800. The maximum absolute atomic E-state index is 4.44. The molecule has 1 N–H and O–H groups in total. The first-order valence-electron chi connectivity index (χ1n) is 7.78. The van der Waals surface area contributed by atoms with Crippen LogP contribution >= 0.6 is 0 Å². The van der Waals surface area contributed by atoms with Gasteiger partial charge in [0.15, 0.2) is 0 Å². The number of hydrogen-bond acceptors (Lipinski definition) is 3. The van der Waals surface area contributed by atoms with Gasteiger partial charge in [-0.2, -0.15) is 0 Å². The Hall–Kier alpha value is -0.870. The number of rotatable bonds is 4. The van der Waals surface area contributed by atoms with E-state index in [-0.39, 0.29) is 0 Å². The molecular formula is C15H26N4. The number of aromatic nitrogens is 2. The molecule has 4 nitrogen and oxygen atoms in total. The quantitative estimate of drug-likeness (QED) is 0.894. The van der Waals surface area contributed by atoms with Crippen molar-refractivity contribution in [1.82, 2.24) is 19.8 Å². The van der Waals surface area contributed by atoms with E-state index < -0.39 is 0 Å². The second-order valence-corrected chi connectivity index (χ2v) is 6.01. The molecule has 0 radical (unpaired) electrons. The van der Waals surface area contributed by atoms with Gasteiger partial charge in [0.25, 0.3) is 0 Å². The summed E-state index contributed by atoms with van der Waals surface area (Å²) in [5.74, 6) is 1.21. The van der Waals surface area contributed by atoms with Crippen LogP contribution in [0.4, 0.5) is 0 Å². The molecule has 0 aromatic carbocycles. The van der Waals surface area contributed by atoms with Gasteiger partial charge in [0.1, 0.15) is 5.82 Å². The van der Waals surface area contributed by atoms with Gasteiger partial charge in [-0.25, -0.2) is 4.98 Å². The molecule has 3 rings (SSSR count). The molecular weight excluding hydrogens is 236 g/mol. The first-order chi connectivity index (χ1) is 9.34. The minimum atomic E-state index is 0.738. The van der Waals surface area contributed by atoms with Gasteiger partial charge in [-0.05, 0) is 38.8 Å². The minimum absolute atomic E-state index is 0.738. The SMILES string of the molecule is Cn1ccnc1CCN1CCCCC1C1CCCN1. The molecule has 2 atom stereocenters. The van der Waals surface area contributed by atoms with E-state index in [1.807, 2.05) is 12.4 Å². The predicted octanol–water partition coefficient (Wildman–Crippen LogP) is 1.57. The molecule has 2 fully saturated rings. The molecule has 19 heavy (non-hydrogen) atoms. The van der Waals surface area contributed by atoms with Crippen molar-refractivity contribution < 1.29 is 0 Å². The monoisotopic (exact) mass is 262 g/mol. The molecule has 1 aromatic rings. The number of hydrogen-bond donors (Lipinski definition) is 1. The number of nitrogens with zero attached hydrogens (tertiary/aromatic N) is 3. The van der Waals surface area contributed by atoms with Gasteiger partial charge in [-0.1, -0.05) is 6.42 Å². The lowest BCUT2D eigenvalue weighted by Crippen LogP contribution is -2.50. The highest BCUT2D eigenvalue weighted by Crippen LogP contribution is 2.24. The molecule has 106 valence electrons. The van der Waals surface area contributed by atoms with Gasteiger partial charge in [0.2, 0.25) is 0 Å². The third-order valence-electron chi connectivity index (χ3n) is 4.77. The number of nitrogens with one attached hydrogen (secondary N) is 1. The second-order valence-electron chi connectivity index (χ2n) is 6.01. The normalized spacial score (nSPS) is 28.9. The van der Waals surface area contributed by atoms with Gasteiger partial charge in [-0.15, -0.1) is 0 Å². The van der Waals surface area contributed by atoms with E-state index in [0.29, 0.717) is 0 Å². The summed E-state index contributed by atoms with van der Waals surface area (Å²) in [7, 11) is 2.09. The van der Waals surface area contributed by atoms with Crippen LogP contribution in [0, 0.1) is 0 Å². The summed E-state index contributed by atoms with van der Waals surface area (Å²) >= 11 is 0. The van der Waals surface area contributed by atoms with Crippen LogP contribution in [0.2, 0.25) is 0 Å². The van der Waals surface area contributed by atoms with Gasteiger partial charge in [0, 0.05) is 44.5 Å². The summed E-state index contributed by atoms with van der Waals surface area (Å²) in [4.78, 5) is 7.15. The lowest BCUT2D eigenvalue weighted by Gasteiger charge is -2.39. The van der Waals surface area contributed by atoms with E-state index in [0.717, 1.165) is 25.0 Å². The summed E-state index contributed by atoms with van der Waals surface area (Å²) in [5.41, 5.74) is 0. The lowest BCUT2D eigenvalue weighted by molar-refractivity contribution is 0.120. The van der Waals surface area contributed by atoms with Crippen molar-refractivity contribution in [2.24, 2.45) is 7.05 Å². The van der Waals surface area contributed by atoms with Crippen molar-refractivity contribution >= 4 is 0 Å². The topological polar surface area (TPSA) is 33.1 Å². The van der Waals surface area contributed by atoms with Crippen molar-refractivity contribution in [1.29, 1.82) is 0 Å². The predicted molar refractivity (Wildman–Crippen MR) is 77.1 cm³/mol. The third kappa shape index (κ3) is 3.00. The Morgan fingerprint density at radius 2 is 2.26 bits per heavy atom. The molecule has 2 aliphatic heterocycles. The number of likely N-dealkylation sites (tertiary alicyclic amines) is 1. The van der Waals surface area contributed by atoms with Gasteiger partial charge < -0.3 is 9.88 Å². The molecule has 0 saturated carbocycles. The van der Waals surface area contributed by atoms with Crippen molar-refractivity contribution in [2.75, 3.05) is 19.6 Å². The Balaban J connectivity index is 1.59. The van der Waals surface area contributed by atoms with Crippen LogP contribution in [-0.4, -0.2) is 46.2 Å². The van der Waals surface area contributed by atoms with Crippen LogP contribution in [0.1, 0.15) is 37.9 Å². The van der Waals surface area contributed by atoms with Crippen molar-refractivity contribution in [3.05, 3.63) is 18.2 Å². The van der Waals surface area contributed by atoms with E-state index in [1.165, 1.54) is 51.0 Å². The standard InChI is InChI=1S/C15H26N4/c1-18-12-9-17-15(18)7-11-19-10-3-2-6-14(19)13-5-4-8-16-13/h9,12-14,16H,2-8,10-11H2,1H3. The fourth-order valence-corrected chi connectivity index (χ4v) is 3.67. The first kappa shape index (κ1) is 13.1. The molecule has 0 amide bonds. The smallest absolute Gasteiger partial charge is 0.109 e. The van der Waals surface area contributed by atoms with Crippen LogP contribution in [0.3, 0.4) is 0 Å². The largest absolute Gasteiger partial charge is 0.338 e. The minimum Gasteiger partial charge on any atom is -0.338 e. The summed E-state index contributed by atoms with van der Waals surface area (Å²) in [5, 5.41) is 3.70. The molecule has 2 unspecified atom stereocenters. The number of imidazole rings is 1. The Bertz CT molecular complexity index is 395. The average molecular weight is 262 g/mol. The number of aryl methyl sites for hydroxylation is 1. The van der Waals surface area contributed by atoms with E-state index in [1.54, 1.807) is 0 Å². The Morgan fingerprint density at radius 1 is 1.32 bits per heavy atom. The van der Waals surface area contributed by atoms with E-state index in [2.05, 4.69) is 26.8 Å². The fourth-order valence-electron chi connectivity index (χ4n) is 3.67. The average Bonchev–Trinajstić information content (AvgIpc) is 3.08. The first-order valence-corrected chi connectivity index (χ1v) is 7.78. The van der Waals surface area contributed by atoms with Crippen LogP contribution in [0.15, 0.2) is 12.4 Å². The highest BCUT2D eigenvalue weighted by molar-refractivity contribution is 4.95. The summed E-state index contributed by atoms with van der Waals surface area (Å²) in [6, 6.07) is 1.50. The van der Waals surface area contributed by atoms with Gasteiger partial charge >= 0.3 is 0 Å². The van der Waals surface area contributed by atoms with Crippen LogP contribution in [0.5, 0.6) is 0 Å². The third-order valence-corrected chi connectivity index (χ3v) is 4.77.